The summed E-state index contributed by atoms with van der Waals surface area (Å²) < 4.78 is 5.74. The van der Waals surface area contributed by atoms with Crippen molar-refractivity contribution in [1.29, 1.82) is 0 Å². The van der Waals surface area contributed by atoms with Gasteiger partial charge in [-0.25, -0.2) is 0 Å². The van der Waals surface area contributed by atoms with Gasteiger partial charge in [-0.3, -0.25) is 0 Å². The highest BCUT2D eigenvalue weighted by atomic mass is 35.5. The molecule has 1 aliphatic heterocycles. The zero-order chi connectivity index (χ0) is 11.4. The number of benzene rings is 1. The Labute approximate surface area is 122 Å². The minimum absolute atomic E-state index is 0. The first-order valence-electron chi connectivity index (χ1n) is 6.06. The van der Waals surface area contributed by atoms with Crippen LogP contribution in [0.15, 0.2) is 18.2 Å². The van der Waals surface area contributed by atoms with Gasteiger partial charge in [-0.15, -0.1) is 24.8 Å². The van der Waals surface area contributed by atoms with Crippen LogP contribution in [0, 0.1) is 0 Å². The van der Waals surface area contributed by atoms with E-state index in [0.717, 1.165) is 38.5 Å². The number of rotatable bonds is 3. The minimum atomic E-state index is 0. The lowest BCUT2D eigenvalue weighted by Gasteiger charge is -2.22. The third-order valence-corrected chi connectivity index (χ3v) is 3.03. The van der Waals surface area contributed by atoms with Crippen LogP contribution in [-0.4, -0.2) is 26.2 Å². The molecule has 104 valence electrons. The molecular weight excluding hydrogens is 271 g/mol. The number of hydrogen-bond acceptors (Lipinski definition) is 3. The summed E-state index contributed by atoms with van der Waals surface area (Å²) in [5, 5.41) is 3.34. The first-order chi connectivity index (χ1) is 7.85. The van der Waals surface area contributed by atoms with E-state index in [4.69, 9.17) is 4.74 Å². The Morgan fingerprint density at radius 3 is 2.61 bits per heavy atom. The molecule has 0 spiro atoms. The highest BCUT2D eigenvalue weighted by molar-refractivity contribution is 5.85. The molecule has 0 amide bonds. The number of nitrogens with zero attached hydrogens (tertiary/aromatic N) is 1. The molecule has 0 radical (unpaired) electrons. The number of nitrogens with one attached hydrogen (secondary N) is 1. The van der Waals surface area contributed by atoms with Crippen LogP contribution in [0.4, 0.5) is 5.69 Å². The fourth-order valence-electron chi connectivity index (χ4n) is 2.07. The van der Waals surface area contributed by atoms with Gasteiger partial charge in [0.25, 0.3) is 0 Å². The van der Waals surface area contributed by atoms with Crippen molar-refractivity contribution in [2.75, 3.05) is 31.1 Å². The standard InChI is InChI=1S/C13H20N2O.2ClH/c1-3-15(4-2)12-6-5-11-10-14-7-8-16-13(11)9-12;;/h5-6,9,14H,3-4,7-8,10H2,1-2H3;2*1H. The van der Waals surface area contributed by atoms with Crippen molar-refractivity contribution >= 4 is 30.5 Å². The average Bonchev–Trinajstić information content (AvgIpc) is 2.55. The average molecular weight is 293 g/mol. The van der Waals surface area contributed by atoms with E-state index in [1.807, 2.05) is 0 Å². The third-order valence-electron chi connectivity index (χ3n) is 3.03. The largest absolute Gasteiger partial charge is 0.492 e. The van der Waals surface area contributed by atoms with Crippen LogP contribution in [0.5, 0.6) is 5.75 Å². The zero-order valence-corrected chi connectivity index (χ0v) is 12.6. The second-order valence-corrected chi connectivity index (χ2v) is 3.99. The lowest BCUT2D eigenvalue weighted by Crippen LogP contribution is -2.21. The van der Waals surface area contributed by atoms with Gasteiger partial charge >= 0.3 is 0 Å². The number of ether oxygens (including phenoxy) is 1. The van der Waals surface area contributed by atoms with Crippen LogP contribution < -0.4 is 15.0 Å². The van der Waals surface area contributed by atoms with E-state index >= 15 is 0 Å². The molecule has 0 aromatic heterocycles. The SMILES string of the molecule is CCN(CC)c1ccc2c(c1)OCCNC2.Cl.Cl. The van der Waals surface area contributed by atoms with Crippen LogP contribution in [0.1, 0.15) is 19.4 Å². The van der Waals surface area contributed by atoms with Gasteiger partial charge in [-0.2, -0.15) is 0 Å². The molecule has 2 rings (SSSR count). The quantitative estimate of drug-likeness (QED) is 0.927. The first kappa shape index (κ1) is 17.4. The smallest absolute Gasteiger partial charge is 0.125 e. The van der Waals surface area contributed by atoms with Crippen molar-refractivity contribution in [3.8, 4) is 5.75 Å². The molecule has 0 unspecified atom stereocenters. The topological polar surface area (TPSA) is 24.5 Å². The molecule has 0 fully saturated rings. The molecule has 0 saturated carbocycles. The highest BCUT2D eigenvalue weighted by Gasteiger charge is 2.10. The Hall–Kier alpha value is -0.640. The zero-order valence-electron chi connectivity index (χ0n) is 10.9. The molecule has 1 aromatic carbocycles. The molecule has 1 aliphatic rings. The van der Waals surface area contributed by atoms with Gasteiger partial charge in [0.15, 0.2) is 0 Å². The molecule has 0 bridgehead atoms. The van der Waals surface area contributed by atoms with E-state index in [-0.39, 0.29) is 24.8 Å². The third kappa shape index (κ3) is 3.94. The van der Waals surface area contributed by atoms with Gasteiger partial charge in [-0.1, -0.05) is 6.07 Å². The molecule has 18 heavy (non-hydrogen) atoms. The minimum Gasteiger partial charge on any atom is -0.492 e. The van der Waals surface area contributed by atoms with E-state index in [0.29, 0.717) is 0 Å². The monoisotopic (exact) mass is 292 g/mol. The fourth-order valence-corrected chi connectivity index (χ4v) is 2.07. The molecule has 0 saturated heterocycles. The Morgan fingerprint density at radius 1 is 1.22 bits per heavy atom. The number of hydrogen-bond donors (Lipinski definition) is 1. The van der Waals surface area contributed by atoms with Crippen molar-refractivity contribution in [3.05, 3.63) is 23.8 Å². The van der Waals surface area contributed by atoms with Crippen LogP contribution in [0.25, 0.3) is 0 Å². The second-order valence-electron chi connectivity index (χ2n) is 3.99. The van der Waals surface area contributed by atoms with E-state index in [1.54, 1.807) is 0 Å². The van der Waals surface area contributed by atoms with E-state index < -0.39 is 0 Å². The van der Waals surface area contributed by atoms with Gasteiger partial charge in [0.2, 0.25) is 0 Å². The van der Waals surface area contributed by atoms with Gasteiger partial charge in [0.1, 0.15) is 12.4 Å². The van der Waals surface area contributed by atoms with Crippen LogP contribution in [-0.2, 0) is 6.54 Å². The lowest BCUT2D eigenvalue weighted by atomic mass is 10.1. The molecule has 3 nitrogen and oxygen atoms in total. The molecule has 0 aliphatic carbocycles. The summed E-state index contributed by atoms with van der Waals surface area (Å²) in [4.78, 5) is 2.34. The van der Waals surface area contributed by atoms with Crippen LogP contribution in [0.2, 0.25) is 0 Å². The molecule has 0 atom stereocenters. The number of fused-ring (bicyclic) bond motifs is 1. The van der Waals surface area contributed by atoms with Crippen molar-refractivity contribution in [2.24, 2.45) is 0 Å². The normalized spacial score (nSPS) is 13.2. The molecule has 1 aromatic rings. The Kier molecular flexibility index (Phi) is 8.16. The number of anilines is 1. The summed E-state index contributed by atoms with van der Waals surface area (Å²) in [6.07, 6.45) is 0. The summed E-state index contributed by atoms with van der Waals surface area (Å²) in [5.74, 6) is 1.04. The number of halogens is 2. The Morgan fingerprint density at radius 2 is 1.94 bits per heavy atom. The summed E-state index contributed by atoms with van der Waals surface area (Å²) in [7, 11) is 0. The molecule has 1 N–H and O–H groups in total. The van der Waals surface area contributed by atoms with E-state index in [2.05, 4.69) is 42.3 Å². The van der Waals surface area contributed by atoms with E-state index in [1.165, 1.54) is 11.3 Å². The van der Waals surface area contributed by atoms with Crippen molar-refractivity contribution in [3.63, 3.8) is 0 Å². The van der Waals surface area contributed by atoms with Crippen molar-refractivity contribution < 1.29 is 4.74 Å². The Balaban J connectivity index is 0.00000144. The van der Waals surface area contributed by atoms with Crippen LogP contribution >= 0.6 is 24.8 Å². The summed E-state index contributed by atoms with van der Waals surface area (Å²) >= 11 is 0. The van der Waals surface area contributed by atoms with Gasteiger partial charge in [0.05, 0.1) is 0 Å². The fraction of sp³-hybridized carbons (Fsp3) is 0.538. The highest BCUT2D eigenvalue weighted by Crippen LogP contribution is 2.26. The maximum Gasteiger partial charge on any atom is 0.125 e. The van der Waals surface area contributed by atoms with Gasteiger partial charge in [0, 0.05) is 43.5 Å². The van der Waals surface area contributed by atoms with Crippen molar-refractivity contribution in [2.45, 2.75) is 20.4 Å². The first-order valence-corrected chi connectivity index (χ1v) is 6.06. The second kappa shape index (κ2) is 8.46. The maximum atomic E-state index is 5.74. The summed E-state index contributed by atoms with van der Waals surface area (Å²) in [6.45, 7) is 9.02. The van der Waals surface area contributed by atoms with Gasteiger partial charge < -0.3 is 15.0 Å². The molecule has 5 heteroatoms. The predicted molar refractivity (Wildman–Crippen MR) is 81.7 cm³/mol. The predicted octanol–water partition coefficient (Wildman–Crippen LogP) is 2.86. The molecule has 1 heterocycles. The lowest BCUT2D eigenvalue weighted by molar-refractivity contribution is 0.326. The summed E-state index contributed by atoms with van der Waals surface area (Å²) in [6, 6.07) is 6.51. The maximum absolute atomic E-state index is 5.74. The van der Waals surface area contributed by atoms with Gasteiger partial charge in [-0.05, 0) is 19.9 Å². The molecular formula is C13H22Cl2N2O. The summed E-state index contributed by atoms with van der Waals surface area (Å²) in [5.41, 5.74) is 2.51. The van der Waals surface area contributed by atoms with Crippen LogP contribution in [0.3, 0.4) is 0 Å². The van der Waals surface area contributed by atoms with Crippen molar-refractivity contribution in [1.82, 2.24) is 5.32 Å². The van der Waals surface area contributed by atoms with E-state index in [9.17, 15) is 0 Å². The Bertz CT molecular complexity index is 357.